The van der Waals surface area contributed by atoms with Gasteiger partial charge in [0.1, 0.15) is 0 Å². The molecule has 0 bridgehead atoms. The van der Waals surface area contributed by atoms with Crippen molar-refractivity contribution < 1.29 is 13.2 Å². The monoisotopic (exact) mass is 402 g/mol. The van der Waals surface area contributed by atoms with Crippen LogP contribution in [0.3, 0.4) is 0 Å². The minimum absolute atomic E-state index is 0.0506. The Hall–Kier alpha value is -2.58. The molecule has 150 valence electrons. The number of amides is 1. The van der Waals surface area contributed by atoms with Crippen LogP contribution < -0.4 is 15.4 Å². The molecule has 0 atom stereocenters. The molecular weight excluding hydrogens is 376 g/mol. The largest absolute Gasteiger partial charge is 0.376 e. The van der Waals surface area contributed by atoms with Gasteiger partial charge < -0.3 is 14.8 Å². The second-order valence-corrected chi connectivity index (χ2v) is 8.93. The van der Waals surface area contributed by atoms with Crippen molar-refractivity contribution in [2.45, 2.75) is 37.6 Å². The van der Waals surface area contributed by atoms with Crippen molar-refractivity contribution >= 4 is 33.4 Å². The fraction of sp³-hybridized carbons (Fsp3) is 0.350. The first kappa shape index (κ1) is 20.2. The molecule has 3 rings (SSSR count). The lowest BCUT2D eigenvalue weighted by Gasteiger charge is -2.18. The third kappa shape index (κ3) is 4.28. The number of anilines is 2. The van der Waals surface area contributed by atoms with E-state index in [9.17, 15) is 13.2 Å². The molecule has 7 nitrogen and oxygen atoms in total. The summed E-state index contributed by atoms with van der Waals surface area (Å²) in [7, 11) is -0.240. The van der Waals surface area contributed by atoms with Crippen LogP contribution in [-0.4, -0.2) is 33.0 Å². The van der Waals surface area contributed by atoms with Gasteiger partial charge in [0.05, 0.1) is 16.3 Å². The molecule has 0 saturated heterocycles. The quantitative estimate of drug-likeness (QED) is 0.726. The van der Waals surface area contributed by atoms with Gasteiger partial charge in [-0.1, -0.05) is 0 Å². The summed E-state index contributed by atoms with van der Waals surface area (Å²) in [5.74, 6) is -0.342. The van der Waals surface area contributed by atoms with Gasteiger partial charge in [-0.3, -0.25) is 4.79 Å². The molecule has 1 aromatic carbocycles. The number of aryl methyl sites for hydroxylation is 1. The lowest BCUT2D eigenvalue weighted by molar-refractivity contribution is -0.111. The van der Waals surface area contributed by atoms with Crippen LogP contribution in [0.2, 0.25) is 0 Å². The fourth-order valence-corrected chi connectivity index (χ4v) is 3.93. The maximum Gasteiger partial charge on any atom is 0.248 e. The molecule has 2 aromatic rings. The van der Waals surface area contributed by atoms with Crippen molar-refractivity contribution in [2.24, 2.45) is 5.14 Å². The van der Waals surface area contributed by atoms with Crippen LogP contribution in [0.25, 0.3) is 6.08 Å². The van der Waals surface area contributed by atoms with E-state index < -0.39 is 10.0 Å². The number of benzene rings is 1. The highest BCUT2D eigenvalue weighted by atomic mass is 32.2. The van der Waals surface area contributed by atoms with Crippen LogP contribution in [0.4, 0.5) is 11.4 Å². The molecule has 1 heterocycles. The lowest BCUT2D eigenvalue weighted by Crippen LogP contribution is -2.17. The number of carbonyl (C=O) groups is 1. The molecule has 0 aliphatic heterocycles. The van der Waals surface area contributed by atoms with Gasteiger partial charge >= 0.3 is 0 Å². The first-order chi connectivity index (χ1) is 13.1. The van der Waals surface area contributed by atoms with E-state index in [-0.39, 0.29) is 10.8 Å². The van der Waals surface area contributed by atoms with Crippen LogP contribution in [0.1, 0.15) is 35.8 Å². The minimum Gasteiger partial charge on any atom is -0.376 e. The summed E-state index contributed by atoms with van der Waals surface area (Å²) < 4.78 is 25.6. The number of sulfonamides is 1. The first-order valence-electron chi connectivity index (χ1n) is 9.09. The van der Waals surface area contributed by atoms with E-state index in [1.54, 1.807) is 17.0 Å². The minimum atomic E-state index is -3.86. The predicted octanol–water partition coefficient (Wildman–Crippen LogP) is 2.81. The number of carbonyl (C=O) groups excluding carboxylic acids is 1. The summed E-state index contributed by atoms with van der Waals surface area (Å²) in [6, 6.07) is 7.06. The number of hydrogen-bond donors (Lipinski definition) is 2. The van der Waals surface area contributed by atoms with Gasteiger partial charge in [-0.05, 0) is 62.6 Å². The zero-order valence-corrected chi connectivity index (χ0v) is 17.4. The third-order valence-electron chi connectivity index (χ3n) is 4.89. The zero-order chi connectivity index (χ0) is 20.6. The van der Waals surface area contributed by atoms with Gasteiger partial charge in [0, 0.05) is 37.6 Å². The molecule has 1 aliphatic carbocycles. The van der Waals surface area contributed by atoms with E-state index >= 15 is 0 Å². The lowest BCUT2D eigenvalue weighted by atomic mass is 10.2. The highest BCUT2D eigenvalue weighted by Gasteiger charge is 2.26. The van der Waals surface area contributed by atoms with E-state index in [2.05, 4.69) is 29.8 Å². The Morgan fingerprint density at radius 2 is 1.93 bits per heavy atom. The Bertz CT molecular complexity index is 1050. The Balaban J connectivity index is 1.83. The number of rotatable bonds is 6. The molecule has 0 unspecified atom stereocenters. The van der Waals surface area contributed by atoms with Crippen molar-refractivity contribution in [3.05, 3.63) is 47.3 Å². The molecule has 0 spiro atoms. The molecule has 8 heteroatoms. The second-order valence-electron chi connectivity index (χ2n) is 7.37. The van der Waals surface area contributed by atoms with E-state index in [1.807, 2.05) is 14.1 Å². The molecule has 0 radical (unpaired) electrons. The molecular formula is C20H26N4O3S. The van der Waals surface area contributed by atoms with Gasteiger partial charge in [0.2, 0.25) is 15.9 Å². The van der Waals surface area contributed by atoms with Crippen molar-refractivity contribution in [3.63, 3.8) is 0 Å². The number of nitrogens with one attached hydrogen (secondary N) is 1. The Morgan fingerprint density at radius 3 is 2.50 bits per heavy atom. The molecule has 28 heavy (non-hydrogen) atoms. The summed E-state index contributed by atoms with van der Waals surface area (Å²) in [6.07, 6.45) is 5.65. The van der Waals surface area contributed by atoms with Gasteiger partial charge in [0.25, 0.3) is 0 Å². The third-order valence-corrected chi connectivity index (χ3v) is 5.80. The summed E-state index contributed by atoms with van der Waals surface area (Å²) in [5.41, 5.74) is 4.41. The molecule has 1 aliphatic rings. The fourth-order valence-electron chi connectivity index (χ4n) is 3.39. The number of hydrogen-bond acceptors (Lipinski definition) is 4. The van der Waals surface area contributed by atoms with E-state index in [4.69, 9.17) is 5.14 Å². The highest BCUT2D eigenvalue weighted by Crippen LogP contribution is 2.38. The number of nitrogens with two attached hydrogens (primary N) is 1. The van der Waals surface area contributed by atoms with Gasteiger partial charge in [-0.25, -0.2) is 13.6 Å². The van der Waals surface area contributed by atoms with Crippen molar-refractivity contribution in [1.82, 2.24) is 4.57 Å². The van der Waals surface area contributed by atoms with E-state index in [0.29, 0.717) is 17.4 Å². The van der Waals surface area contributed by atoms with Crippen LogP contribution in [0.5, 0.6) is 0 Å². The normalized spacial score (nSPS) is 14.5. The smallest absolute Gasteiger partial charge is 0.248 e. The molecule has 1 fully saturated rings. The topological polar surface area (TPSA) is 97.4 Å². The SMILES string of the molecule is Cc1cc(/C=C/C(=O)Nc2cc(S(N)(=O)=O)ccc2N(C)C)c(C)n1C1CC1. The maximum absolute atomic E-state index is 12.5. The number of primary sulfonamides is 1. The Kier molecular flexibility index (Phi) is 5.36. The van der Waals surface area contributed by atoms with E-state index in [0.717, 1.165) is 11.3 Å². The van der Waals surface area contributed by atoms with Crippen LogP contribution in [0, 0.1) is 13.8 Å². The summed E-state index contributed by atoms with van der Waals surface area (Å²) in [4.78, 5) is 14.2. The van der Waals surface area contributed by atoms with Gasteiger partial charge in [0.15, 0.2) is 0 Å². The summed E-state index contributed by atoms with van der Waals surface area (Å²) in [6.45, 7) is 4.13. The number of nitrogens with zero attached hydrogens (tertiary/aromatic N) is 2. The van der Waals surface area contributed by atoms with Gasteiger partial charge in [-0.15, -0.1) is 0 Å². The Morgan fingerprint density at radius 1 is 1.25 bits per heavy atom. The van der Waals surface area contributed by atoms with Crippen molar-refractivity contribution in [1.29, 1.82) is 0 Å². The van der Waals surface area contributed by atoms with Crippen molar-refractivity contribution in [3.8, 4) is 0 Å². The molecule has 1 amide bonds. The Labute approximate surface area is 165 Å². The van der Waals surface area contributed by atoms with Crippen molar-refractivity contribution in [2.75, 3.05) is 24.3 Å². The number of aromatic nitrogens is 1. The molecule has 3 N–H and O–H groups in total. The van der Waals surface area contributed by atoms with Crippen LogP contribution >= 0.6 is 0 Å². The van der Waals surface area contributed by atoms with Crippen LogP contribution in [0.15, 0.2) is 35.2 Å². The second kappa shape index (κ2) is 7.44. The average Bonchev–Trinajstić information content (AvgIpc) is 3.38. The predicted molar refractivity (Wildman–Crippen MR) is 112 cm³/mol. The zero-order valence-electron chi connectivity index (χ0n) is 16.6. The highest BCUT2D eigenvalue weighted by molar-refractivity contribution is 7.89. The molecule has 1 saturated carbocycles. The maximum atomic E-state index is 12.5. The summed E-state index contributed by atoms with van der Waals surface area (Å²) in [5, 5.41) is 7.97. The summed E-state index contributed by atoms with van der Waals surface area (Å²) >= 11 is 0. The van der Waals surface area contributed by atoms with E-state index in [1.165, 1.54) is 36.7 Å². The standard InChI is InChI=1S/C20H26N4O3S/c1-13-11-15(14(2)24(13)16-6-7-16)5-10-20(25)22-18-12-17(28(21,26)27)8-9-19(18)23(3)4/h5,8-12,16H,6-7H2,1-4H3,(H,22,25)(H2,21,26,27)/b10-5+. The molecule has 1 aromatic heterocycles. The van der Waals surface area contributed by atoms with Gasteiger partial charge in [-0.2, -0.15) is 0 Å². The average molecular weight is 403 g/mol. The van der Waals surface area contributed by atoms with Crippen LogP contribution in [-0.2, 0) is 14.8 Å². The first-order valence-corrected chi connectivity index (χ1v) is 10.6.